The fourth-order valence-electron chi connectivity index (χ4n) is 2.13. The Labute approximate surface area is 132 Å². The molecule has 1 aliphatic heterocycles. The zero-order valence-electron chi connectivity index (χ0n) is 13.3. The van der Waals surface area contributed by atoms with E-state index in [0.29, 0.717) is 11.6 Å². The Morgan fingerprint density at radius 1 is 1.29 bits per heavy atom. The summed E-state index contributed by atoms with van der Waals surface area (Å²) < 4.78 is 12.1. The Bertz CT molecular complexity index is 557. The van der Waals surface area contributed by atoms with Crippen LogP contribution in [0.25, 0.3) is 6.08 Å². The van der Waals surface area contributed by atoms with Gasteiger partial charge < -0.3 is 15.0 Å². The molecule has 0 atom stereocenters. The van der Waals surface area contributed by atoms with Crippen molar-refractivity contribution in [2.75, 3.05) is 11.5 Å². The summed E-state index contributed by atoms with van der Waals surface area (Å²) in [6.45, 7) is 10.1. The van der Waals surface area contributed by atoms with Gasteiger partial charge in [-0.05, 0) is 57.8 Å². The summed E-state index contributed by atoms with van der Waals surface area (Å²) >= 11 is 4.42. The smallest absolute Gasteiger partial charge is 0.400 e. The average molecular weight is 306 g/mol. The maximum absolute atomic E-state index is 6.07. The van der Waals surface area contributed by atoms with Crippen molar-refractivity contribution in [3.63, 3.8) is 0 Å². The zero-order chi connectivity index (χ0) is 15.8. The Balaban J connectivity index is 2.31. The Kier molecular flexibility index (Phi) is 4.43. The molecule has 1 fully saturated rings. The summed E-state index contributed by atoms with van der Waals surface area (Å²) in [7, 11) is -0.385. The highest BCUT2D eigenvalue weighted by Crippen LogP contribution is 2.39. The van der Waals surface area contributed by atoms with Crippen LogP contribution in [-0.4, -0.2) is 29.1 Å². The molecule has 114 valence electrons. The molecule has 1 aromatic heterocycles. The van der Waals surface area contributed by atoms with E-state index in [0.717, 1.165) is 16.7 Å². The summed E-state index contributed by atoms with van der Waals surface area (Å²) in [5.74, 6) is 1.08. The lowest BCUT2D eigenvalue weighted by atomic mass is 9.78. The standard InChI is InChI=1S/C15H23BN2O2S/c1-10-11(6-7-13(17)18-10)8-12(9-21)16-19-14(2,3)15(4,5)20-16/h6-8,21H,9H2,1-5H3,(H2,17,18). The number of nitrogens with zero attached hydrogens (tertiary/aromatic N) is 1. The quantitative estimate of drug-likeness (QED) is 0.666. The molecule has 0 bridgehead atoms. The fourth-order valence-corrected chi connectivity index (χ4v) is 2.37. The van der Waals surface area contributed by atoms with Gasteiger partial charge in [0.15, 0.2) is 0 Å². The average Bonchev–Trinajstić information content (AvgIpc) is 2.57. The largest absolute Gasteiger partial charge is 0.491 e. The van der Waals surface area contributed by atoms with Gasteiger partial charge in [-0.2, -0.15) is 12.6 Å². The van der Waals surface area contributed by atoms with Gasteiger partial charge in [-0.1, -0.05) is 6.08 Å². The lowest BCUT2D eigenvalue weighted by molar-refractivity contribution is 0.00578. The molecule has 6 heteroatoms. The summed E-state index contributed by atoms with van der Waals surface area (Å²) in [4.78, 5) is 4.27. The second kappa shape index (κ2) is 5.67. The maximum Gasteiger partial charge on any atom is 0.491 e. The van der Waals surface area contributed by atoms with Gasteiger partial charge in [0, 0.05) is 11.4 Å². The summed E-state index contributed by atoms with van der Waals surface area (Å²) in [5, 5.41) is 0. The number of aromatic nitrogens is 1. The van der Waals surface area contributed by atoms with Gasteiger partial charge in [0.25, 0.3) is 0 Å². The van der Waals surface area contributed by atoms with Crippen LogP contribution in [0.4, 0.5) is 5.82 Å². The minimum absolute atomic E-state index is 0.353. The number of nitrogens with two attached hydrogens (primary N) is 1. The molecule has 1 aliphatic rings. The van der Waals surface area contributed by atoms with Gasteiger partial charge in [-0.25, -0.2) is 4.98 Å². The van der Waals surface area contributed by atoms with Crippen LogP contribution >= 0.6 is 12.6 Å². The van der Waals surface area contributed by atoms with Crippen LogP contribution in [0.3, 0.4) is 0 Å². The topological polar surface area (TPSA) is 57.4 Å². The molecule has 0 aliphatic carbocycles. The van der Waals surface area contributed by atoms with Crippen LogP contribution in [0, 0.1) is 6.92 Å². The van der Waals surface area contributed by atoms with Gasteiger partial charge in [0.05, 0.1) is 11.2 Å². The van der Waals surface area contributed by atoms with Gasteiger partial charge in [-0.15, -0.1) is 0 Å². The Morgan fingerprint density at radius 2 is 1.86 bits per heavy atom. The van der Waals surface area contributed by atoms with Crippen LogP contribution in [0.2, 0.25) is 0 Å². The molecular weight excluding hydrogens is 283 g/mol. The third kappa shape index (κ3) is 3.28. The van der Waals surface area contributed by atoms with Crippen LogP contribution in [0.15, 0.2) is 17.6 Å². The predicted octanol–water partition coefficient (Wildman–Crippen LogP) is 2.92. The minimum atomic E-state index is -0.385. The molecule has 4 nitrogen and oxygen atoms in total. The molecule has 0 spiro atoms. The van der Waals surface area contributed by atoms with Crippen molar-refractivity contribution in [3.8, 4) is 0 Å². The van der Waals surface area contributed by atoms with Crippen LogP contribution in [-0.2, 0) is 9.31 Å². The SMILES string of the molecule is Cc1nc(N)ccc1C=C(CS)B1OC(C)(C)C(C)(C)O1. The van der Waals surface area contributed by atoms with E-state index in [4.69, 9.17) is 15.0 Å². The molecule has 21 heavy (non-hydrogen) atoms. The first-order valence-corrected chi connectivity index (χ1v) is 7.69. The van der Waals surface area contributed by atoms with E-state index in [-0.39, 0.29) is 18.3 Å². The minimum Gasteiger partial charge on any atom is -0.400 e. The molecule has 2 N–H and O–H groups in total. The number of rotatable bonds is 3. The summed E-state index contributed by atoms with van der Waals surface area (Å²) in [6.07, 6.45) is 2.02. The van der Waals surface area contributed by atoms with E-state index < -0.39 is 0 Å². The van der Waals surface area contributed by atoms with Crippen molar-refractivity contribution < 1.29 is 9.31 Å². The van der Waals surface area contributed by atoms with Crippen molar-refractivity contribution in [1.82, 2.24) is 4.98 Å². The van der Waals surface area contributed by atoms with E-state index in [1.807, 2.05) is 46.8 Å². The monoisotopic (exact) mass is 306 g/mol. The van der Waals surface area contributed by atoms with Gasteiger partial charge in [0.1, 0.15) is 5.82 Å². The van der Waals surface area contributed by atoms with Crippen LogP contribution in [0.5, 0.6) is 0 Å². The number of hydrogen-bond acceptors (Lipinski definition) is 5. The normalized spacial score (nSPS) is 20.9. The van der Waals surface area contributed by atoms with E-state index >= 15 is 0 Å². The zero-order valence-corrected chi connectivity index (χ0v) is 14.2. The number of hydrogen-bond donors (Lipinski definition) is 2. The number of thiol groups is 1. The van der Waals surface area contributed by atoms with Gasteiger partial charge in [0.2, 0.25) is 0 Å². The van der Waals surface area contributed by atoms with Crippen molar-refractivity contribution in [3.05, 3.63) is 28.9 Å². The van der Waals surface area contributed by atoms with E-state index in [2.05, 4.69) is 17.6 Å². The molecule has 2 heterocycles. The Morgan fingerprint density at radius 3 is 2.33 bits per heavy atom. The molecule has 0 unspecified atom stereocenters. The molecule has 2 rings (SSSR count). The highest BCUT2D eigenvalue weighted by molar-refractivity contribution is 7.80. The molecule has 0 amide bonds. The third-order valence-corrected chi connectivity index (χ3v) is 4.59. The fraction of sp³-hybridized carbons (Fsp3) is 0.533. The number of nitrogen functional groups attached to an aromatic ring is 1. The van der Waals surface area contributed by atoms with Crippen molar-refractivity contribution in [2.24, 2.45) is 0 Å². The molecule has 1 saturated heterocycles. The second-order valence-electron chi connectivity index (χ2n) is 6.38. The highest BCUT2D eigenvalue weighted by atomic mass is 32.1. The van der Waals surface area contributed by atoms with E-state index in [9.17, 15) is 0 Å². The number of aryl methyl sites for hydroxylation is 1. The molecule has 1 aromatic rings. The number of anilines is 1. The van der Waals surface area contributed by atoms with Crippen molar-refractivity contribution in [1.29, 1.82) is 0 Å². The second-order valence-corrected chi connectivity index (χ2v) is 6.69. The molecule has 0 saturated carbocycles. The predicted molar refractivity (Wildman–Crippen MR) is 91.3 cm³/mol. The third-order valence-electron chi connectivity index (χ3n) is 4.23. The summed E-state index contributed by atoms with van der Waals surface area (Å²) in [5.41, 5.74) is 7.84. The molecular formula is C15H23BN2O2S. The number of pyridine rings is 1. The molecule has 0 radical (unpaired) electrons. The summed E-state index contributed by atoms with van der Waals surface area (Å²) in [6, 6.07) is 3.74. The lowest BCUT2D eigenvalue weighted by Crippen LogP contribution is -2.41. The molecule has 0 aromatic carbocycles. The maximum atomic E-state index is 6.07. The first-order chi connectivity index (χ1) is 9.66. The van der Waals surface area contributed by atoms with Gasteiger partial charge in [-0.3, -0.25) is 0 Å². The van der Waals surface area contributed by atoms with Gasteiger partial charge >= 0.3 is 7.12 Å². The highest BCUT2D eigenvalue weighted by Gasteiger charge is 2.52. The van der Waals surface area contributed by atoms with Crippen LogP contribution < -0.4 is 5.73 Å². The van der Waals surface area contributed by atoms with Crippen molar-refractivity contribution >= 4 is 31.6 Å². The first-order valence-electron chi connectivity index (χ1n) is 7.06. The van der Waals surface area contributed by atoms with E-state index in [1.54, 1.807) is 6.07 Å². The van der Waals surface area contributed by atoms with E-state index in [1.165, 1.54) is 0 Å². The van der Waals surface area contributed by atoms with Crippen LogP contribution in [0.1, 0.15) is 39.0 Å². The Hall–Kier alpha value is -0.975. The first kappa shape index (κ1) is 16.4. The lowest BCUT2D eigenvalue weighted by Gasteiger charge is -2.32. The van der Waals surface area contributed by atoms with Crippen molar-refractivity contribution in [2.45, 2.75) is 45.8 Å².